The van der Waals surface area contributed by atoms with Gasteiger partial charge < -0.3 is 9.47 Å². The molecule has 180 valence electrons. The van der Waals surface area contributed by atoms with Crippen LogP contribution in [0.3, 0.4) is 0 Å². The van der Waals surface area contributed by atoms with Gasteiger partial charge in [0.15, 0.2) is 0 Å². The Kier molecular flexibility index (Phi) is 8.19. The van der Waals surface area contributed by atoms with Crippen molar-refractivity contribution in [2.45, 2.75) is 72.3 Å². The minimum atomic E-state index is -0.462. The van der Waals surface area contributed by atoms with Crippen molar-refractivity contribution < 1.29 is 14.3 Å². The summed E-state index contributed by atoms with van der Waals surface area (Å²) in [6, 6.07) is 26.8. The van der Waals surface area contributed by atoms with E-state index in [-0.39, 0.29) is 17.5 Å². The van der Waals surface area contributed by atoms with Crippen LogP contribution in [0.2, 0.25) is 0 Å². The summed E-state index contributed by atoms with van der Waals surface area (Å²) in [7, 11) is 0. The van der Waals surface area contributed by atoms with Gasteiger partial charge in [-0.15, -0.1) is 0 Å². The molecule has 3 heteroatoms. The predicted octanol–water partition coefficient (Wildman–Crippen LogP) is 7.95. The Bertz CT molecular complexity index is 1050. The number of hydrogen-bond acceptors (Lipinski definition) is 3. The number of esters is 1. The van der Waals surface area contributed by atoms with Crippen molar-refractivity contribution in [3.63, 3.8) is 0 Å². The molecule has 3 aromatic rings. The number of hydrogen-bond donors (Lipinski definition) is 0. The van der Waals surface area contributed by atoms with E-state index >= 15 is 0 Å². The van der Waals surface area contributed by atoms with Gasteiger partial charge in [0.1, 0.15) is 11.5 Å². The Morgan fingerprint density at radius 3 is 1.68 bits per heavy atom. The summed E-state index contributed by atoms with van der Waals surface area (Å²) in [5.41, 5.74) is 2.66. The molecule has 2 unspecified atom stereocenters. The fourth-order valence-corrected chi connectivity index (χ4v) is 4.08. The number of carbonyl (C=O) groups is 1. The molecule has 0 bridgehead atoms. The van der Waals surface area contributed by atoms with Crippen LogP contribution in [0.25, 0.3) is 0 Å². The minimum Gasteiger partial charge on any atom is -0.491 e. The van der Waals surface area contributed by atoms with E-state index < -0.39 is 5.41 Å². The summed E-state index contributed by atoms with van der Waals surface area (Å²) in [5, 5.41) is 0. The van der Waals surface area contributed by atoms with Crippen LogP contribution in [0.1, 0.15) is 77.5 Å². The zero-order chi connectivity index (χ0) is 24.8. The van der Waals surface area contributed by atoms with Gasteiger partial charge in [-0.1, -0.05) is 75.4 Å². The van der Waals surface area contributed by atoms with Crippen molar-refractivity contribution in [3.05, 3.63) is 95.6 Å². The monoisotopic (exact) mass is 458 g/mol. The van der Waals surface area contributed by atoms with E-state index in [1.54, 1.807) is 0 Å². The first-order chi connectivity index (χ1) is 16.3. The molecule has 0 N–H and O–H groups in total. The third-order valence-corrected chi connectivity index (χ3v) is 7.39. The van der Waals surface area contributed by atoms with Crippen molar-refractivity contribution in [1.29, 1.82) is 0 Å². The van der Waals surface area contributed by atoms with Crippen molar-refractivity contribution in [3.8, 4) is 11.5 Å². The van der Waals surface area contributed by atoms with Gasteiger partial charge >= 0.3 is 5.97 Å². The van der Waals surface area contributed by atoms with Gasteiger partial charge in [0.25, 0.3) is 0 Å². The van der Waals surface area contributed by atoms with Crippen LogP contribution in [-0.4, -0.2) is 12.1 Å². The Hall–Kier alpha value is -3.07. The van der Waals surface area contributed by atoms with Crippen LogP contribution in [0.5, 0.6) is 11.5 Å². The van der Waals surface area contributed by atoms with Crippen LogP contribution in [0.4, 0.5) is 0 Å². The minimum absolute atomic E-state index is 0.173. The lowest BCUT2D eigenvalue weighted by atomic mass is 9.71. The smallest absolute Gasteiger partial charge is 0.317 e. The zero-order valence-electron chi connectivity index (χ0n) is 21.4. The average Bonchev–Trinajstić information content (AvgIpc) is 2.89. The fraction of sp³-hybridized carbons (Fsp3) is 0.387. The largest absolute Gasteiger partial charge is 0.491 e. The number of ether oxygens (including phenoxy) is 2. The fourth-order valence-electron chi connectivity index (χ4n) is 4.08. The molecular formula is C31H38O3. The van der Waals surface area contributed by atoms with Crippen LogP contribution >= 0.6 is 0 Å². The van der Waals surface area contributed by atoms with Crippen molar-refractivity contribution in [1.82, 2.24) is 0 Å². The highest BCUT2D eigenvalue weighted by molar-refractivity contribution is 5.78. The lowest BCUT2D eigenvalue weighted by molar-refractivity contribution is -0.145. The van der Waals surface area contributed by atoms with E-state index in [9.17, 15) is 4.79 Å². The van der Waals surface area contributed by atoms with Crippen LogP contribution in [0, 0.1) is 5.41 Å². The topological polar surface area (TPSA) is 35.5 Å². The molecule has 0 aliphatic heterocycles. The van der Waals surface area contributed by atoms with Gasteiger partial charge in [0.05, 0.1) is 11.5 Å². The molecule has 3 aromatic carbocycles. The van der Waals surface area contributed by atoms with Gasteiger partial charge in [-0.25, -0.2) is 0 Å². The second-order valence-corrected chi connectivity index (χ2v) is 9.53. The van der Waals surface area contributed by atoms with E-state index in [0.717, 1.165) is 30.6 Å². The highest BCUT2D eigenvalue weighted by atomic mass is 16.5. The number of rotatable bonds is 10. The van der Waals surface area contributed by atoms with Crippen LogP contribution in [-0.2, 0) is 10.2 Å². The quantitative estimate of drug-likeness (QED) is 0.176. The van der Waals surface area contributed by atoms with Gasteiger partial charge in [-0.05, 0) is 81.0 Å². The Balaban J connectivity index is 1.95. The van der Waals surface area contributed by atoms with E-state index in [4.69, 9.17) is 9.47 Å². The normalized spacial score (nSPS) is 14.2. The van der Waals surface area contributed by atoms with Gasteiger partial charge in [-0.3, -0.25) is 4.79 Å². The maximum absolute atomic E-state index is 12.7. The average molecular weight is 459 g/mol. The van der Waals surface area contributed by atoms with Gasteiger partial charge in [0.2, 0.25) is 0 Å². The molecule has 0 saturated carbocycles. The second kappa shape index (κ2) is 10.9. The molecule has 0 heterocycles. The van der Waals surface area contributed by atoms with Gasteiger partial charge in [-0.2, -0.15) is 0 Å². The molecule has 3 rings (SSSR count). The second-order valence-electron chi connectivity index (χ2n) is 9.53. The first-order valence-corrected chi connectivity index (χ1v) is 12.4. The lowest BCUT2D eigenvalue weighted by Gasteiger charge is -2.32. The molecule has 0 spiro atoms. The molecule has 0 aromatic heterocycles. The molecule has 2 atom stereocenters. The maximum Gasteiger partial charge on any atom is 0.317 e. The van der Waals surface area contributed by atoms with E-state index in [1.807, 2.05) is 39.0 Å². The van der Waals surface area contributed by atoms with E-state index in [0.29, 0.717) is 5.75 Å². The first kappa shape index (κ1) is 25.6. The van der Waals surface area contributed by atoms with Crippen LogP contribution in [0.15, 0.2) is 78.9 Å². The van der Waals surface area contributed by atoms with Gasteiger partial charge in [0, 0.05) is 5.41 Å². The van der Waals surface area contributed by atoms with Crippen molar-refractivity contribution in [2.75, 3.05) is 0 Å². The molecule has 0 saturated heterocycles. The predicted molar refractivity (Wildman–Crippen MR) is 140 cm³/mol. The Morgan fingerprint density at radius 2 is 1.21 bits per heavy atom. The number of benzene rings is 3. The van der Waals surface area contributed by atoms with Crippen molar-refractivity contribution in [2.24, 2.45) is 5.41 Å². The standard InChI is InChI=1S/C31H38O3/c1-7-23(4)33-27-19-15-25(16-20-27)31(6,24-13-11-10-12-14-24)26-17-21-28(22-18-26)34-29(32)30(5,8-2)9-3/h10-23H,7-9H2,1-6H3. The lowest BCUT2D eigenvalue weighted by Crippen LogP contribution is -2.30. The van der Waals surface area contributed by atoms with Crippen molar-refractivity contribution >= 4 is 5.97 Å². The molecule has 3 nitrogen and oxygen atoms in total. The highest BCUT2D eigenvalue weighted by Crippen LogP contribution is 2.40. The molecule has 0 amide bonds. The Labute approximate surface area is 205 Å². The van der Waals surface area contributed by atoms with E-state index in [1.165, 1.54) is 11.1 Å². The van der Waals surface area contributed by atoms with E-state index in [2.05, 4.69) is 81.4 Å². The molecule has 0 aliphatic rings. The SMILES string of the molecule is CCC(C)Oc1ccc(C(C)(c2ccccc2)c2ccc(OC(=O)C(C)(CC)CC)cc2)cc1. The first-order valence-electron chi connectivity index (χ1n) is 12.4. The molecular weight excluding hydrogens is 420 g/mol. The Morgan fingerprint density at radius 1 is 0.735 bits per heavy atom. The summed E-state index contributed by atoms with van der Waals surface area (Å²) in [6.07, 6.45) is 2.66. The maximum atomic E-state index is 12.7. The zero-order valence-corrected chi connectivity index (χ0v) is 21.4. The summed E-state index contributed by atoms with van der Waals surface area (Å²) in [6.45, 7) is 12.5. The highest BCUT2D eigenvalue weighted by Gasteiger charge is 2.33. The molecule has 0 fully saturated rings. The van der Waals surface area contributed by atoms with Crippen LogP contribution < -0.4 is 9.47 Å². The summed E-state index contributed by atoms with van der Waals surface area (Å²) < 4.78 is 11.7. The number of carbonyl (C=O) groups excluding carboxylic acids is 1. The third kappa shape index (κ3) is 5.35. The summed E-state index contributed by atoms with van der Waals surface area (Å²) >= 11 is 0. The molecule has 34 heavy (non-hydrogen) atoms. The third-order valence-electron chi connectivity index (χ3n) is 7.39. The summed E-state index contributed by atoms with van der Waals surface area (Å²) in [4.78, 5) is 12.7. The summed E-state index contributed by atoms with van der Waals surface area (Å²) in [5.74, 6) is 1.29. The molecule has 0 aliphatic carbocycles. The molecule has 0 radical (unpaired) electrons.